The lowest BCUT2D eigenvalue weighted by molar-refractivity contribution is -0.137. The zero-order chi connectivity index (χ0) is 23.9. The molecule has 1 atom stereocenters. The minimum Gasteiger partial charge on any atom is -0.481 e. The van der Waals surface area contributed by atoms with Crippen molar-refractivity contribution in [1.29, 1.82) is 0 Å². The first kappa shape index (κ1) is 30.7. The summed E-state index contributed by atoms with van der Waals surface area (Å²) in [6.45, 7) is 0.640. The summed E-state index contributed by atoms with van der Waals surface area (Å²) in [6, 6.07) is -0.415. The predicted molar refractivity (Wildman–Crippen MR) is 133 cm³/mol. The molecule has 0 spiro atoms. The summed E-state index contributed by atoms with van der Waals surface area (Å²) in [5.74, 6) is -0.966. The number of carboxylic acid groups (broad SMARTS) is 1. The van der Waals surface area contributed by atoms with Crippen LogP contribution in [0.5, 0.6) is 0 Å². The van der Waals surface area contributed by atoms with Gasteiger partial charge in [0.2, 0.25) is 11.8 Å². The van der Waals surface area contributed by atoms with Crippen molar-refractivity contribution >= 4 is 30.6 Å². The van der Waals surface area contributed by atoms with Gasteiger partial charge in [-0.3, -0.25) is 19.1 Å². The third-order valence-corrected chi connectivity index (χ3v) is 6.10. The number of aliphatic carboxylic acids is 1. The lowest BCUT2D eigenvalue weighted by Crippen LogP contribution is -2.36. The predicted octanol–water partition coefficient (Wildman–Crippen LogP) is 4.89. The molecule has 0 heterocycles. The molecule has 0 fully saturated rings. The minimum absolute atomic E-state index is 0.116. The van der Waals surface area contributed by atoms with Crippen LogP contribution in [-0.2, 0) is 14.4 Å². The molecule has 0 aromatic heterocycles. The van der Waals surface area contributed by atoms with Crippen molar-refractivity contribution in [2.45, 2.75) is 128 Å². The van der Waals surface area contributed by atoms with Crippen LogP contribution < -0.4 is 15.8 Å². The minimum atomic E-state index is -0.682. The van der Waals surface area contributed by atoms with E-state index in [0.29, 0.717) is 25.8 Å². The highest BCUT2D eigenvalue weighted by Gasteiger charge is 2.12. The Hall–Kier alpha value is -1.28. The van der Waals surface area contributed by atoms with Crippen LogP contribution in [-0.4, -0.2) is 35.5 Å². The van der Waals surface area contributed by atoms with E-state index >= 15 is 0 Å². The van der Waals surface area contributed by atoms with E-state index in [0.717, 1.165) is 44.9 Å². The van der Waals surface area contributed by atoms with Gasteiger partial charge in [0.25, 0.3) is 0 Å². The van der Waals surface area contributed by atoms with Crippen LogP contribution in [0.15, 0.2) is 0 Å². The molecular weight excluding hydrogens is 426 g/mol. The summed E-state index contributed by atoms with van der Waals surface area (Å²) in [6.07, 6.45) is 19.7. The number of nitrogens with one attached hydrogen (secondary N) is 2. The molecule has 32 heavy (non-hydrogen) atoms. The third-order valence-electron chi connectivity index (χ3n) is 5.79. The second-order valence-electron chi connectivity index (χ2n) is 8.77. The highest BCUT2D eigenvalue weighted by atomic mass is 32.1. The lowest BCUT2D eigenvalue weighted by atomic mass is 10.0. The topological polar surface area (TPSA) is 122 Å². The Labute approximate surface area is 200 Å². The summed E-state index contributed by atoms with van der Waals surface area (Å²) in [5.41, 5.74) is 5.23. The van der Waals surface area contributed by atoms with Crippen molar-refractivity contribution < 1.29 is 19.5 Å². The fourth-order valence-corrected chi connectivity index (χ4v) is 4.00. The molecule has 0 aliphatic carbocycles. The number of hydrogen-bond acceptors (Lipinski definition) is 5. The average Bonchev–Trinajstić information content (AvgIpc) is 2.75. The number of carbonyl (C=O) groups is 3. The van der Waals surface area contributed by atoms with Gasteiger partial charge in [-0.05, 0) is 32.1 Å². The van der Waals surface area contributed by atoms with Crippen molar-refractivity contribution in [1.82, 2.24) is 10.0 Å². The molecule has 0 unspecified atom stereocenters. The van der Waals surface area contributed by atoms with Crippen molar-refractivity contribution in [3.05, 3.63) is 0 Å². The zero-order valence-electron chi connectivity index (χ0n) is 19.9. The van der Waals surface area contributed by atoms with Gasteiger partial charge in [-0.15, -0.1) is 0 Å². The highest BCUT2D eigenvalue weighted by molar-refractivity contribution is 7.78. The van der Waals surface area contributed by atoms with Gasteiger partial charge in [-0.25, -0.2) is 0 Å². The van der Waals surface area contributed by atoms with E-state index in [4.69, 9.17) is 10.8 Å². The van der Waals surface area contributed by atoms with Crippen molar-refractivity contribution in [3.8, 4) is 0 Å². The Morgan fingerprint density at radius 2 is 1.12 bits per heavy atom. The molecule has 0 radical (unpaired) electrons. The van der Waals surface area contributed by atoms with E-state index < -0.39 is 17.9 Å². The lowest BCUT2D eigenvalue weighted by Gasteiger charge is -2.11. The van der Waals surface area contributed by atoms with Gasteiger partial charge >= 0.3 is 5.97 Å². The molecular formula is C24H47N3O4S. The van der Waals surface area contributed by atoms with Gasteiger partial charge in [-0.1, -0.05) is 89.9 Å². The average molecular weight is 474 g/mol. The van der Waals surface area contributed by atoms with Gasteiger partial charge in [0.05, 0.1) is 6.04 Å². The summed E-state index contributed by atoms with van der Waals surface area (Å²) >= 11 is 3.89. The van der Waals surface area contributed by atoms with Crippen molar-refractivity contribution in [2.75, 3.05) is 6.54 Å². The fourth-order valence-electron chi connectivity index (χ4n) is 3.74. The van der Waals surface area contributed by atoms with Crippen LogP contribution in [0.1, 0.15) is 122 Å². The van der Waals surface area contributed by atoms with Crippen LogP contribution in [0.2, 0.25) is 0 Å². The monoisotopic (exact) mass is 473 g/mol. The first-order chi connectivity index (χ1) is 15.5. The number of thiol groups is 1. The molecule has 7 nitrogen and oxygen atoms in total. The summed E-state index contributed by atoms with van der Waals surface area (Å²) in [5, 5.41) is 11.5. The Kier molecular flexibility index (Phi) is 22.0. The molecule has 0 aliphatic rings. The molecule has 0 saturated heterocycles. The maximum absolute atomic E-state index is 11.8. The number of hydrogen-bond donors (Lipinski definition) is 5. The van der Waals surface area contributed by atoms with Crippen LogP contribution >= 0.6 is 12.8 Å². The van der Waals surface area contributed by atoms with E-state index in [1.165, 1.54) is 57.8 Å². The Morgan fingerprint density at radius 3 is 1.53 bits per heavy atom. The zero-order valence-corrected chi connectivity index (χ0v) is 20.8. The molecule has 0 aromatic carbocycles. The van der Waals surface area contributed by atoms with Gasteiger partial charge in [0.15, 0.2) is 0 Å². The van der Waals surface area contributed by atoms with Crippen LogP contribution in [0.3, 0.4) is 0 Å². The molecule has 0 aliphatic heterocycles. The van der Waals surface area contributed by atoms with E-state index in [-0.39, 0.29) is 5.91 Å². The third kappa shape index (κ3) is 21.9. The second-order valence-corrected chi connectivity index (χ2v) is 9.03. The second kappa shape index (κ2) is 22.9. The van der Waals surface area contributed by atoms with Crippen LogP contribution in [0, 0.1) is 0 Å². The normalized spacial score (nSPS) is 11.9. The van der Waals surface area contributed by atoms with Gasteiger partial charge in [-0.2, -0.15) is 0 Å². The van der Waals surface area contributed by atoms with Gasteiger partial charge in [0, 0.05) is 19.4 Å². The van der Waals surface area contributed by atoms with Crippen molar-refractivity contribution in [3.63, 3.8) is 0 Å². The maximum atomic E-state index is 11.8. The fraction of sp³-hybridized carbons (Fsp3) is 0.875. The SMILES string of the molecule is NC(=O)[C@H](CCCCNC(=O)CCCCCCCCCCCCCCCCC(=O)O)NS. The molecule has 5 N–H and O–H groups in total. The molecule has 2 amide bonds. The number of amides is 2. The van der Waals surface area contributed by atoms with E-state index in [1.54, 1.807) is 0 Å². The number of unbranched alkanes of at least 4 members (excludes halogenated alkanes) is 14. The Bertz CT molecular complexity index is 492. The number of nitrogens with two attached hydrogens (primary N) is 1. The van der Waals surface area contributed by atoms with Crippen molar-refractivity contribution in [2.24, 2.45) is 5.73 Å². The molecule has 0 saturated carbocycles. The summed E-state index contributed by atoms with van der Waals surface area (Å²) in [4.78, 5) is 33.3. The van der Waals surface area contributed by atoms with E-state index in [9.17, 15) is 14.4 Å². The maximum Gasteiger partial charge on any atom is 0.303 e. The number of rotatable bonds is 24. The first-order valence-corrected chi connectivity index (χ1v) is 13.1. The molecule has 8 heteroatoms. The smallest absolute Gasteiger partial charge is 0.303 e. The highest BCUT2D eigenvalue weighted by Crippen LogP contribution is 2.13. The Balaban J connectivity index is 3.26. The summed E-state index contributed by atoms with van der Waals surface area (Å²) in [7, 11) is 0. The number of carboxylic acids is 1. The van der Waals surface area contributed by atoms with Gasteiger partial charge < -0.3 is 16.2 Å². The quantitative estimate of drug-likeness (QED) is 0.101. The largest absolute Gasteiger partial charge is 0.481 e. The van der Waals surface area contributed by atoms with Crippen LogP contribution in [0.25, 0.3) is 0 Å². The number of carbonyl (C=O) groups excluding carboxylic acids is 2. The standard InChI is InChI=1S/C24H47N3O4S/c25-24(31)21(27-32)17-15-16-20-26-22(28)18-13-11-9-7-5-3-1-2-4-6-8-10-12-14-19-23(29)30/h21,27,32H,1-20H2,(H2,25,31)(H,26,28)(H,29,30)/t21-/m0/s1. The molecule has 0 bridgehead atoms. The first-order valence-electron chi connectivity index (χ1n) is 12.6. The Morgan fingerprint density at radius 1 is 0.688 bits per heavy atom. The van der Waals surface area contributed by atoms with Crippen LogP contribution in [0.4, 0.5) is 0 Å². The number of primary amides is 1. The summed E-state index contributed by atoms with van der Waals surface area (Å²) < 4.78 is 2.59. The molecule has 188 valence electrons. The van der Waals surface area contributed by atoms with E-state index in [1.807, 2.05) is 0 Å². The van der Waals surface area contributed by atoms with E-state index in [2.05, 4.69) is 22.9 Å². The molecule has 0 aromatic rings. The van der Waals surface area contributed by atoms with Gasteiger partial charge in [0.1, 0.15) is 0 Å². The molecule has 0 rings (SSSR count).